The third kappa shape index (κ3) is 3.11. The maximum Gasteiger partial charge on any atom is 0.124 e. The molecule has 0 radical (unpaired) electrons. The molecule has 2 rings (SSSR count). The molecule has 2 nitrogen and oxygen atoms in total. The van der Waals surface area contributed by atoms with Gasteiger partial charge < -0.3 is 10.2 Å². The van der Waals surface area contributed by atoms with E-state index >= 15 is 0 Å². The summed E-state index contributed by atoms with van der Waals surface area (Å²) in [7, 11) is 0. The number of anilines is 1. The highest BCUT2D eigenvalue weighted by atomic mass is 79.9. The lowest BCUT2D eigenvalue weighted by Crippen LogP contribution is -2.62. The molecular formula is C15H22BrFN2. The lowest BCUT2D eigenvalue weighted by atomic mass is 9.92. The Balaban J connectivity index is 2.32. The molecule has 0 aromatic heterocycles. The molecule has 106 valence electrons. The van der Waals surface area contributed by atoms with Gasteiger partial charge in [-0.05, 0) is 53.9 Å². The standard InChI is InChI=1S/C15H22BrFN2/c1-4-12-9-18-15(3,5-2)10-19(12)14-7-6-11(17)8-13(14)16/h6-8,12,18H,4-5,9-10H2,1-3H3. The number of hydrogen-bond donors (Lipinski definition) is 1. The van der Waals surface area contributed by atoms with Crippen molar-refractivity contribution in [2.45, 2.75) is 45.2 Å². The Morgan fingerprint density at radius 3 is 2.79 bits per heavy atom. The number of nitrogens with zero attached hydrogens (tertiary/aromatic N) is 1. The van der Waals surface area contributed by atoms with Crippen LogP contribution < -0.4 is 10.2 Å². The quantitative estimate of drug-likeness (QED) is 0.903. The monoisotopic (exact) mass is 328 g/mol. The van der Waals surface area contributed by atoms with E-state index in [-0.39, 0.29) is 11.4 Å². The minimum atomic E-state index is -0.197. The van der Waals surface area contributed by atoms with Crippen molar-refractivity contribution >= 4 is 21.6 Å². The first-order valence-corrected chi connectivity index (χ1v) is 7.75. The van der Waals surface area contributed by atoms with Crippen molar-refractivity contribution in [3.05, 3.63) is 28.5 Å². The van der Waals surface area contributed by atoms with Gasteiger partial charge in [-0.2, -0.15) is 0 Å². The van der Waals surface area contributed by atoms with Gasteiger partial charge >= 0.3 is 0 Å². The van der Waals surface area contributed by atoms with Crippen molar-refractivity contribution in [2.75, 3.05) is 18.0 Å². The van der Waals surface area contributed by atoms with Gasteiger partial charge in [-0.1, -0.05) is 13.8 Å². The predicted octanol–water partition coefficient (Wildman–Crippen LogP) is 3.95. The zero-order valence-electron chi connectivity index (χ0n) is 11.8. The molecule has 1 fully saturated rings. The molecule has 0 amide bonds. The third-order valence-electron chi connectivity index (χ3n) is 4.20. The van der Waals surface area contributed by atoms with Gasteiger partial charge in [-0.3, -0.25) is 0 Å². The molecule has 0 bridgehead atoms. The van der Waals surface area contributed by atoms with E-state index in [9.17, 15) is 4.39 Å². The Bertz CT molecular complexity index is 452. The van der Waals surface area contributed by atoms with Crippen LogP contribution in [-0.4, -0.2) is 24.7 Å². The highest BCUT2D eigenvalue weighted by molar-refractivity contribution is 9.10. The summed E-state index contributed by atoms with van der Waals surface area (Å²) in [4.78, 5) is 2.41. The lowest BCUT2D eigenvalue weighted by molar-refractivity contribution is 0.276. The molecular weight excluding hydrogens is 307 g/mol. The van der Waals surface area contributed by atoms with Gasteiger partial charge in [0, 0.05) is 29.1 Å². The molecule has 0 aliphatic carbocycles. The van der Waals surface area contributed by atoms with E-state index in [0.29, 0.717) is 6.04 Å². The van der Waals surface area contributed by atoms with Crippen LogP contribution >= 0.6 is 15.9 Å². The van der Waals surface area contributed by atoms with Crippen molar-refractivity contribution in [3.63, 3.8) is 0 Å². The Hall–Kier alpha value is -0.610. The Morgan fingerprint density at radius 2 is 2.21 bits per heavy atom. The van der Waals surface area contributed by atoms with E-state index in [4.69, 9.17) is 0 Å². The first-order chi connectivity index (χ1) is 8.99. The van der Waals surface area contributed by atoms with Crippen LogP contribution in [0.25, 0.3) is 0 Å². The SMILES string of the molecule is CCC1CNC(C)(CC)CN1c1ccc(F)cc1Br. The second-order valence-corrected chi connectivity index (χ2v) is 6.44. The van der Waals surface area contributed by atoms with E-state index in [1.807, 2.05) is 6.07 Å². The van der Waals surface area contributed by atoms with Crippen LogP contribution in [-0.2, 0) is 0 Å². The van der Waals surface area contributed by atoms with Gasteiger partial charge in [0.25, 0.3) is 0 Å². The summed E-state index contributed by atoms with van der Waals surface area (Å²) in [6.07, 6.45) is 2.16. The second-order valence-electron chi connectivity index (χ2n) is 5.58. The average Bonchev–Trinajstić information content (AvgIpc) is 2.39. The predicted molar refractivity (Wildman–Crippen MR) is 82.2 cm³/mol. The summed E-state index contributed by atoms with van der Waals surface area (Å²) < 4.78 is 14.1. The topological polar surface area (TPSA) is 15.3 Å². The van der Waals surface area contributed by atoms with Crippen LogP contribution in [0.1, 0.15) is 33.6 Å². The number of halogens is 2. The molecule has 0 saturated carbocycles. The molecule has 1 saturated heterocycles. The van der Waals surface area contributed by atoms with Crippen LogP contribution in [0.4, 0.5) is 10.1 Å². The molecule has 2 atom stereocenters. The average molecular weight is 329 g/mol. The van der Waals surface area contributed by atoms with Crippen molar-refractivity contribution in [2.24, 2.45) is 0 Å². The highest BCUT2D eigenvalue weighted by Gasteiger charge is 2.34. The van der Waals surface area contributed by atoms with E-state index in [1.54, 1.807) is 6.07 Å². The smallest absolute Gasteiger partial charge is 0.124 e. The Kier molecular flexibility index (Phi) is 4.51. The molecule has 4 heteroatoms. The number of benzene rings is 1. The highest BCUT2D eigenvalue weighted by Crippen LogP contribution is 2.32. The molecule has 2 unspecified atom stereocenters. The van der Waals surface area contributed by atoms with Gasteiger partial charge in [-0.15, -0.1) is 0 Å². The molecule has 1 N–H and O–H groups in total. The zero-order valence-corrected chi connectivity index (χ0v) is 13.4. The maximum absolute atomic E-state index is 13.3. The fourth-order valence-corrected chi connectivity index (χ4v) is 3.21. The molecule has 1 aliphatic rings. The van der Waals surface area contributed by atoms with E-state index in [0.717, 1.165) is 36.1 Å². The van der Waals surface area contributed by atoms with Crippen molar-refractivity contribution in [1.82, 2.24) is 5.32 Å². The summed E-state index contributed by atoms with van der Waals surface area (Å²) in [5.74, 6) is -0.197. The summed E-state index contributed by atoms with van der Waals surface area (Å²) in [5, 5.41) is 3.65. The summed E-state index contributed by atoms with van der Waals surface area (Å²) in [5.41, 5.74) is 1.22. The van der Waals surface area contributed by atoms with Crippen molar-refractivity contribution < 1.29 is 4.39 Å². The summed E-state index contributed by atoms with van der Waals surface area (Å²) >= 11 is 3.50. The van der Waals surface area contributed by atoms with Gasteiger partial charge in [0.05, 0.1) is 5.69 Å². The first-order valence-electron chi connectivity index (χ1n) is 6.96. The molecule has 1 aliphatic heterocycles. The fourth-order valence-electron chi connectivity index (χ4n) is 2.63. The third-order valence-corrected chi connectivity index (χ3v) is 4.83. The molecule has 1 aromatic carbocycles. The molecule has 19 heavy (non-hydrogen) atoms. The van der Waals surface area contributed by atoms with Gasteiger partial charge in [0.1, 0.15) is 5.82 Å². The van der Waals surface area contributed by atoms with Crippen LogP contribution in [0.3, 0.4) is 0 Å². The normalized spacial score (nSPS) is 27.6. The van der Waals surface area contributed by atoms with Gasteiger partial charge in [0.2, 0.25) is 0 Å². The fraction of sp³-hybridized carbons (Fsp3) is 0.600. The Labute approximate surface area is 123 Å². The zero-order chi connectivity index (χ0) is 14.0. The van der Waals surface area contributed by atoms with E-state index < -0.39 is 0 Å². The molecule has 0 spiro atoms. The van der Waals surface area contributed by atoms with E-state index in [2.05, 4.69) is 46.9 Å². The Morgan fingerprint density at radius 1 is 1.47 bits per heavy atom. The van der Waals surface area contributed by atoms with Crippen molar-refractivity contribution in [3.8, 4) is 0 Å². The maximum atomic E-state index is 13.3. The molecule has 1 heterocycles. The summed E-state index contributed by atoms with van der Waals surface area (Å²) in [6.45, 7) is 8.59. The number of piperazine rings is 1. The second kappa shape index (κ2) is 5.80. The number of hydrogen-bond acceptors (Lipinski definition) is 2. The van der Waals surface area contributed by atoms with Crippen LogP contribution in [0.5, 0.6) is 0 Å². The van der Waals surface area contributed by atoms with Gasteiger partial charge in [0.15, 0.2) is 0 Å². The lowest BCUT2D eigenvalue weighted by Gasteiger charge is -2.47. The minimum Gasteiger partial charge on any atom is -0.365 e. The number of rotatable bonds is 3. The van der Waals surface area contributed by atoms with Gasteiger partial charge in [-0.25, -0.2) is 4.39 Å². The molecule has 1 aromatic rings. The number of nitrogens with one attached hydrogen (secondary N) is 1. The van der Waals surface area contributed by atoms with Crippen LogP contribution in [0, 0.1) is 5.82 Å². The van der Waals surface area contributed by atoms with Crippen LogP contribution in [0.15, 0.2) is 22.7 Å². The van der Waals surface area contributed by atoms with E-state index in [1.165, 1.54) is 6.07 Å². The summed E-state index contributed by atoms with van der Waals surface area (Å²) in [6, 6.07) is 5.43. The largest absolute Gasteiger partial charge is 0.365 e. The van der Waals surface area contributed by atoms with Crippen LogP contribution in [0.2, 0.25) is 0 Å². The minimum absolute atomic E-state index is 0.125. The first kappa shape index (κ1) is 14.8. The van der Waals surface area contributed by atoms with Crippen molar-refractivity contribution in [1.29, 1.82) is 0 Å².